The third kappa shape index (κ3) is 8.72. The number of carbonyl (C=O) groups is 1. The summed E-state index contributed by atoms with van der Waals surface area (Å²) >= 11 is 0. The van der Waals surface area contributed by atoms with Crippen LogP contribution in [0.2, 0.25) is 0 Å². The fourth-order valence-corrected chi connectivity index (χ4v) is 4.75. The summed E-state index contributed by atoms with van der Waals surface area (Å²) in [6, 6.07) is 1.20. The van der Waals surface area contributed by atoms with Gasteiger partial charge in [-0.25, -0.2) is 0 Å². The number of ether oxygens (including phenoxy) is 1. The average Bonchev–Trinajstić information content (AvgIpc) is 2.82. The molecule has 1 fully saturated rings. The maximum atomic E-state index is 13.2. The number of likely N-dealkylation sites (N-methyl/N-ethyl adjacent to an activating group) is 1. The summed E-state index contributed by atoms with van der Waals surface area (Å²) in [5.74, 6) is -0.128. The second-order valence-corrected chi connectivity index (χ2v) is 9.65. The van der Waals surface area contributed by atoms with Crippen molar-refractivity contribution in [2.24, 2.45) is 5.92 Å². The molecule has 0 aliphatic carbocycles. The van der Waals surface area contributed by atoms with Crippen LogP contribution in [0.5, 0.6) is 0 Å². The van der Waals surface area contributed by atoms with E-state index in [4.69, 9.17) is 4.74 Å². The fourth-order valence-electron chi connectivity index (χ4n) is 4.75. The Morgan fingerprint density at radius 3 is 2.66 bits per heavy atom. The van der Waals surface area contributed by atoms with E-state index in [0.717, 1.165) is 50.9 Å². The minimum atomic E-state index is -4.44. The van der Waals surface area contributed by atoms with Gasteiger partial charge in [0.05, 0.1) is 18.3 Å². The minimum absolute atomic E-state index is 0.0173. The molecule has 3 heterocycles. The standard InChI is InChI=1S/C23H34F3N3O3.C3H8/c1-3-5-16(6-4-9-28(2)20-8-11-32-15-21(20)30)22(31)29-10-7-19-17(14-29)12-18(13-27-19)23(24,25)26;1-3-2/h12-13,16,20-21,30H,3-11,14-15H2,1-2H3;3H2,1-2H3/t16-,20?,21?;/m1./s1. The van der Waals surface area contributed by atoms with Gasteiger partial charge in [-0.3, -0.25) is 9.78 Å². The smallest absolute Gasteiger partial charge is 0.389 e. The average molecular weight is 502 g/mol. The Kier molecular flexibility index (Phi) is 11.9. The van der Waals surface area contributed by atoms with Crippen LogP contribution < -0.4 is 0 Å². The normalized spacial score (nSPS) is 21.2. The quantitative estimate of drug-likeness (QED) is 0.560. The monoisotopic (exact) mass is 501 g/mol. The predicted molar refractivity (Wildman–Crippen MR) is 130 cm³/mol. The largest absolute Gasteiger partial charge is 0.417 e. The molecule has 0 radical (unpaired) electrons. The number of aliphatic hydroxyl groups is 1. The van der Waals surface area contributed by atoms with E-state index in [0.29, 0.717) is 37.4 Å². The summed E-state index contributed by atoms with van der Waals surface area (Å²) in [6.45, 7) is 8.72. The van der Waals surface area contributed by atoms with E-state index in [9.17, 15) is 23.1 Å². The number of nitrogens with zero attached hydrogens (tertiary/aromatic N) is 3. The summed E-state index contributed by atoms with van der Waals surface area (Å²) in [5.41, 5.74) is 0.364. The Hall–Kier alpha value is -1.71. The number of pyridine rings is 1. The van der Waals surface area contributed by atoms with Gasteiger partial charge in [0.15, 0.2) is 0 Å². The van der Waals surface area contributed by atoms with Gasteiger partial charge >= 0.3 is 6.18 Å². The van der Waals surface area contributed by atoms with E-state index in [1.54, 1.807) is 4.90 Å². The molecule has 1 saturated heterocycles. The minimum Gasteiger partial charge on any atom is -0.389 e. The van der Waals surface area contributed by atoms with Crippen LogP contribution in [-0.4, -0.2) is 71.3 Å². The fraction of sp³-hybridized carbons (Fsp3) is 0.769. The Morgan fingerprint density at radius 1 is 1.31 bits per heavy atom. The molecule has 3 atom stereocenters. The van der Waals surface area contributed by atoms with Gasteiger partial charge in [-0.1, -0.05) is 33.6 Å². The summed E-state index contributed by atoms with van der Waals surface area (Å²) < 4.78 is 44.5. The Labute approximate surface area is 207 Å². The van der Waals surface area contributed by atoms with Crippen LogP contribution in [0.1, 0.15) is 76.1 Å². The molecule has 1 N–H and O–H groups in total. The van der Waals surface area contributed by atoms with Crippen molar-refractivity contribution in [1.29, 1.82) is 0 Å². The van der Waals surface area contributed by atoms with Crippen LogP contribution >= 0.6 is 0 Å². The third-order valence-electron chi connectivity index (χ3n) is 6.59. The van der Waals surface area contributed by atoms with Crippen LogP contribution in [0.25, 0.3) is 0 Å². The molecular formula is C26H42F3N3O3. The molecule has 35 heavy (non-hydrogen) atoms. The maximum Gasteiger partial charge on any atom is 0.417 e. The number of alkyl halides is 3. The molecule has 200 valence electrons. The molecule has 6 nitrogen and oxygen atoms in total. The number of fused-ring (bicyclic) bond motifs is 1. The van der Waals surface area contributed by atoms with Gasteiger partial charge in [0, 0.05) is 50.0 Å². The Balaban J connectivity index is 0.00000137. The van der Waals surface area contributed by atoms with Crippen molar-refractivity contribution >= 4 is 5.91 Å². The van der Waals surface area contributed by atoms with Crippen molar-refractivity contribution in [3.8, 4) is 0 Å². The number of amides is 1. The summed E-state index contributed by atoms with van der Waals surface area (Å²) in [5, 5.41) is 10.1. The molecule has 0 bridgehead atoms. The van der Waals surface area contributed by atoms with Crippen molar-refractivity contribution in [1.82, 2.24) is 14.8 Å². The number of hydrogen-bond donors (Lipinski definition) is 1. The van der Waals surface area contributed by atoms with Gasteiger partial charge < -0.3 is 19.6 Å². The molecule has 9 heteroatoms. The first-order valence-electron chi connectivity index (χ1n) is 12.9. The van der Waals surface area contributed by atoms with Crippen LogP contribution in [0, 0.1) is 5.92 Å². The van der Waals surface area contributed by atoms with E-state index in [1.807, 2.05) is 14.0 Å². The number of aliphatic hydroxyl groups excluding tert-OH is 1. The highest BCUT2D eigenvalue weighted by molar-refractivity contribution is 5.79. The SMILES string of the molecule is CCC.CCC[C@H](CCCN(C)C1CCOCC1O)C(=O)N1CCc2ncc(C(F)(F)F)cc2C1. The first-order valence-corrected chi connectivity index (χ1v) is 12.9. The lowest BCUT2D eigenvalue weighted by Gasteiger charge is -2.35. The lowest BCUT2D eigenvalue weighted by Crippen LogP contribution is -2.47. The number of hydrogen-bond acceptors (Lipinski definition) is 5. The molecule has 3 rings (SSSR count). The van der Waals surface area contributed by atoms with Gasteiger partial charge in [0.1, 0.15) is 0 Å². The molecule has 1 aromatic rings. The third-order valence-corrected chi connectivity index (χ3v) is 6.59. The van der Waals surface area contributed by atoms with Crippen LogP contribution in [0.3, 0.4) is 0 Å². The zero-order valence-electron chi connectivity index (χ0n) is 21.6. The molecule has 0 aromatic carbocycles. The Morgan fingerprint density at radius 2 is 2.03 bits per heavy atom. The van der Waals surface area contributed by atoms with Crippen molar-refractivity contribution in [3.63, 3.8) is 0 Å². The van der Waals surface area contributed by atoms with Crippen molar-refractivity contribution in [2.75, 3.05) is 33.4 Å². The van der Waals surface area contributed by atoms with Gasteiger partial charge in [0.2, 0.25) is 5.91 Å². The zero-order valence-corrected chi connectivity index (χ0v) is 21.6. The zero-order chi connectivity index (χ0) is 26.0. The second-order valence-electron chi connectivity index (χ2n) is 9.65. The van der Waals surface area contributed by atoms with Crippen LogP contribution in [0.15, 0.2) is 12.3 Å². The molecular weight excluding hydrogens is 459 g/mol. The first-order chi connectivity index (χ1) is 16.6. The lowest BCUT2D eigenvalue weighted by atomic mass is 9.94. The highest BCUT2D eigenvalue weighted by Gasteiger charge is 2.34. The Bertz CT molecular complexity index is 791. The van der Waals surface area contributed by atoms with E-state index in [2.05, 4.69) is 23.7 Å². The van der Waals surface area contributed by atoms with Gasteiger partial charge in [-0.05, 0) is 50.9 Å². The highest BCUT2D eigenvalue weighted by atomic mass is 19.4. The molecule has 1 amide bonds. The second kappa shape index (κ2) is 14.1. The van der Waals surface area contributed by atoms with Gasteiger partial charge in [-0.15, -0.1) is 0 Å². The summed E-state index contributed by atoms with van der Waals surface area (Å²) in [6.07, 6.45) is 1.62. The number of rotatable bonds is 8. The highest BCUT2D eigenvalue weighted by Crippen LogP contribution is 2.31. The van der Waals surface area contributed by atoms with Crippen molar-refractivity contribution < 1.29 is 27.8 Å². The van der Waals surface area contributed by atoms with E-state index < -0.39 is 17.8 Å². The summed E-state index contributed by atoms with van der Waals surface area (Å²) in [7, 11) is 1.99. The number of halogens is 3. The molecule has 0 saturated carbocycles. The first kappa shape index (κ1) is 29.5. The lowest BCUT2D eigenvalue weighted by molar-refractivity contribution is -0.138. The van der Waals surface area contributed by atoms with Crippen molar-refractivity contribution in [2.45, 2.75) is 90.6 Å². The molecule has 2 unspecified atom stereocenters. The molecule has 0 spiro atoms. The maximum absolute atomic E-state index is 13.2. The van der Waals surface area contributed by atoms with E-state index in [1.165, 1.54) is 6.42 Å². The topological polar surface area (TPSA) is 65.9 Å². The molecule has 2 aliphatic heterocycles. The summed E-state index contributed by atoms with van der Waals surface area (Å²) in [4.78, 5) is 21.0. The van der Waals surface area contributed by atoms with Gasteiger partial charge in [-0.2, -0.15) is 13.2 Å². The predicted octanol–water partition coefficient (Wildman–Crippen LogP) is 4.68. The van der Waals surface area contributed by atoms with Crippen molar-refractivity contribution in [3.05, 3.63) is 29.1 Å². The molecule has 2 aliphatic rings. The van der Waals surface area contributed by atoms with Crippen LogP contribution in [-0.2, 0) is 28.7 Å². The number of carbonyl (C=O) groups excluding carboxylic acids is 1. The molecule has 1 aromatic heterocycles. The van der Waals surface area contributed by atoms with Gasteiger partial charge in [0.25, 0.3) is 0 Å². The number of aromatic nitrogens is 1. The van der Waals surface area contributed by atoms with Crippen LogP contribution in [0.4, 0.5) is 13.2 Å². The van der Waals surface area contributed by atoms with E-state index in [-0.39, 0.29) is 24.4 Å². The van der Waals surface area contributed by atoms with E-state index >= 15 is 0 Å².